The molecule has 1 N–H and O–H groups in total. The van der Waals surface area contributed by atoms with E-state index in [0.29, 0.717) is 11.8 Å². The lowest BCUT2D eigenvalue weighted by atomic mass is 9.49. The van der Waals surface area contributed by atoms with Gasteiger partial charge in [-0.25, -0.2) is 0 Å². The van der Waals surface area contributed by atoms with E-state index in [4.69, 9.17) is 11.6 Å². The minimum Gasteiger partial charge on any atom is -0.353 e. The lowest BCUT2D eigenvalue weighted by molar-refractivity contribution is -0.145. The molecule has 4 rings (SSSR count). The van der Waals surface area contributed by atoms with Gasteiger partial charge >= 0.3 is 0 Å². The van der Waals surface area contributed by atoms with Gasteiger partial charge in [0.15, 0.2) is 0 Å². The monoisotopic (exact) mass is 255 g/mol. The second kappa shape index (κ2) is 3.63. The van der Waals surface area contributed by atoms with Crippen molar-refractivity contribution in [2.24, 2.45) is 17.3 Å². The van der Waals surface area contributed by atoms with Crippen molar-refractivity contribution in [2.75, 3.05) is 0 Å². The average molecular weight is 256 g/mol. The Balaban J connectivity index is 1.85. The number of halogens is 1. The van der Waals surface area contributed by atoms with E-state index >= 15 is 0 Å². The minimum absolute atomic E-state index is 0.0571. The summed E-state index contributed by atoms with van der Waals surface area (Å²) in [6.45, 7) is 4.07. The smallest absolute Gasteiger partial charge is 0.226 e. The van der Waals surface area contributed by atoms with Crippen molar-refractivity contribution in [3.63, 3.8) is 0 Å². The summed E-state index contributed by atoms with van der Waals surface area (Å²) in [7, 11) is 0. The van der Waals surface area contributed by atoms with E-state index in [-0.39, 0.29) is 22.2 Å². The molecule has 4 saturated carbocycles. The molecule has 2 unspecified atom stereocenters. The predicted octanol–water partition coefficient (Wildman–Crippen LogP) is 3.09. The zero-order valence-corrected chi connectivity index (χ0v) is 11.5. The van der Waals surface area contributed by atoms with Crippen LogP contribution in [0, 0.1) is 17.3 Å². The highest BCUT2D eigenvalue weighted by atomic mass is 35.5. The normalized spacial score (nSPS) is 47.5. The number of hydrogen-bond donors (Lipinski definition) is 1. The summed E-state index contributed by atoms with van der Waals surface area (Å²) in [5, 5.41) is 3.12. The van der Waals surface area contributed by atoms with Gasteiger partial charge in [0.05, 0.1) is 5.41 Å². The van der Waals surface area contributed by atoms with Crippen LogP contribution in [-0.4, -0.2) is 16.8 Å². The van der Waals surface area contributed by atoms with Gasteiger partial charge in [0.2, 0.25) is 5.91 Å². The van der Waals surface area contributed by atoms with Gasteiger partial charge < -0.3 is 5.32 Å². The maximum Gasteiger partial charge on any atom is 0.226 e. The molecule has 0 aromatic carbocycles. The summed E-state index contributed by atoms with van der Waals surface area (Å²) in [5.41, 5.74) is -0.129. The Bertz CT molecular complexity index is 338. The molecular formula is C14H22ClNO. The molecule has 2 nitrogen and oxygen atoms in total. The highest BCUT2D eigenvalue weighted by Crippen LogP contribution is 2.63. The third-order valence-electron chi connectivity index (χ3n) is 4.89. The fraction of sp³-hybridized carbons (Fsp3) is 0.929. The molecule has 4 bridgehead atoms. The Labute approximate surface area is 108 Å². The SMILES string of the molecule is CC(C)NC(=O)C12C[C@@H]3C[C@@H](CC(Cl)(C3)C1)C2. The molecule has 0 radical (unpaired) electrons. The van der Waals surface area contributed by atoms with Crippen LogP contribution >= 0.6 is 11.6 Å². The summed E-state index contributed by atoms with van der Waals surface area (Å²) >= 11 is 6.72. The van der Waals surface area contributed by atoms with Crippen molar-refractivity contribution in [1.82, 2.24) is 5.32 Å². The van der Waals surface area contributed by atoms with Crippen LogP contribution in [0.3, 0.4) is 0 Å². The van der Waals surface area contributed by atoms with E-state index in [1.165, 1.54) is 6.42 Å². The molecule has 0 aromatic rings. The molecule has 3 heteroatoms. The molecule has 4 atom stereocenters. The van der Waals surface area contributed by atoms with Gasteiger partial charge in [-0.05, 0) is 64.2 Å². The summed E-state index contributed by atoms with van der Waals surface area (Å²) in [6, 6.07) is 0.238. The second-order valence-electron chi connectivity index (χ2n) is 7.02. The minimum atomic E-state index is -0.129. The maximum atomic E-state index is 12.5. The second-order valence-corrected chi connectivity index (χ2v) is 7.82. The van der Waals surface area contributed by atoms with Gasteiger partial charge in [-0.15, -0.1) is 11.6 Å². The third-order valence-corrected chi connectivity index (χ3v) is 5.33. The Hall–Kier alpha value is -0.240. The van der Waals surface area contributed by atoms with Gasteiger partial charge in [-0.3, -0.25) is 4.79 Å². The molecule has 4 aliphatic carbocycles. The van der Waals surface area contributed by atoms with Crippen LogP contribution in [0.4, 0.5) is 0 Å². The van der Waals surface area contributed by atoms with Crippen LogP contribution in [0.2, 0.25) is 0 Å². The van der Waals surface area contributed by atoms with Crippen LogP contribution in [0.15, 0.2) is 0 Å². The van der Waals surface area contributed by atoms with Crippen molar-refractivity contribution in [3.05, 3.63) is 0 Å². The van der Waals surface area contributed by atoms with Gasteiger partial charge in [-0.2, -0.15) is 0 Å². The Morgan fingerprint density at radius 1 is 1.24 bits per heavy atom. The molecule has 0 spiro atoms. The highest BCUT2D eigenvalue weighted by molar-refractivity contribution is 6.24. The molecule has 0 aliphatic heterocycles. The average Bonchev–Trinajstić information content (AvgIpc) is 2.11. The molecule has 0 aromatic heterocycles. The number of carbonyl (C=O) groups is 1. The zero-order chi connectivity index (χ0) is 12.3. The fourth-order valence-corrected chi connectivity index (χ4v) is 5.52. The van der Waals surface area contributed by atoms with E-state index in [0.717, 1.165) is 32.1 Å². The van der Waals surface area contributed by atoms with Crippen molar-refractivity contribution < 1.29 is 4.79 Å². The molecule has 1 amide bonds. The van der Waals surface area contributed by atoms with E-state index < -0.39 is 0 Å². The predicted molar refractivity (Wildman–Crippen MR) is 69.0 cm³/mol. The van der Waals surface area contributed by atoms with Crippen LogP contribution in [0.5, 0.6) is 0 Å². The number of nitrogens with one attached hydrogen (secondary N) is 1. The number of hydrogen-bond acceptors (Lipinski definition) is 1. The third kappa shape index (κ3) is 1.89. The Morgan fingerprint density at radius 3 is 2.29 bits per heavy atom. The molecule has 4 fully saturated rings. The van der Waals surface area contributed by atoms with E-state index in [9.17, 15) is 4.79 Å². The number of rotatable bonds is 2. The van der Waals surface area contributed by atoms with Crippen molar-refractivity contribution >= 4 is 17.5 Å². The topological polar surface area (TPSA) is 29.1 Å². The summed E-state index contributed by atoms with van der Waals surface area (Å²) in [5.74, 6) is 1.67. The van der Waals surface area contributed by atoms with Crippen LogP contribution < -0.4 is 5.32 Å². The molecule has 0 saturated heterocycles. The Kier molecular flexibility index (Phi) is 2.52. The lowest BCUT2D eigenvalue weighted by Gasteiger charge is -2.59. The van der Waals surface area contributed by atoms with Crippen molar-refractivity contribution in [2.45, 2.75) is 63.3 Å². The first-order valence-electron chi connectivity index (χ1n) is 6.91. The van der Waals surface area contributed by atoms with Crippen LogP contribution in [0.25, 0.3) is 0 Å². The molecule has 17 heavy (non-hydrogen) atoms. The largest absolute Gasteiger partial charge is 0.353 e. The zero-order valence-electron chi connectivity index (χ0n) is 10.8. The van der Waals surface area contributed by atoms with E-state index in [2.05, 4.69) is 5.32 Å². The van der Waals surface area contributed by atoms with Crippen molar-refractivity contribution in [1.29, 1.82) is 0 Å². The standard InChI is InChI=1S/C14H22ClNO/c1-9(2)16-12(17)13-4-10-3-11(5-13)7-14(15,6-10)8-13/h9-11H,3-8H2,1-2H3,(H,16,17)/t10-,11+,13?,14?. The first-order chi connectivity index (χ1) is 7.91. The quantitative estimate of drug-likeness (QED) is 0.755. The van der Waals surface area contributed by atoms with Crippen LogP contribution in [0.1, 0.15) is 52.4 Å². The van der Waals surface area contributed by atoms with E-state index in [1.807, 2.05) is 13.8 Å². The van der Waals surface area contributed by atoms with Crippen molar-refractivity contribution in [3.8, 4) is 0 Å². The first-order valence-corrected chi connectivity index (χ1v) is 7.29. The first kappa shape index (κ1) is 11.8. The summed E-state index contributed by atoms with van der Waals surface area (Å²) in [6.07, 6.45) is 6.66. The Morgan fingerprint density at radius 2 is 1.82 bits per heavy atom. The van der Waals surface area contributed by atoms with Gasteiger partial charge in [-0.1, -0.05) is 0 Å². The maximum absolute atomic E-state index is 12.5. The van der Waals surface area contributed by atoms with Gasteiger partial charge in [0.1, 0.15) is 0 Å². The van der Waals surface area contributed by atoms with Gasteiger partial charge in [0, 0.05) is 10.9 Å². The summed E-state index contributed by atoms with van der Waals surface area (Å²) in [4.78, 5) is 12.4. The number of amides is 1. The summed E-state index contributed by atoms with van der Waals surface area (Å²) < 4.78 is 0. The molecular weight excluding hydrogens is 234 g/mol. The van der Waals surface area contributed by atoms with Gasteiger partial charge in [0.25, 0.3) is 0 Å². The number of carbonyl (C=O) groups excluding carboxylic acids is 1. The highest BCUT2D eigenvalue weighted by Gasteiger charge is 2.59. The molecule has 96 valence electrons. The van der Waals surface area contributed by atoms with E-state index in [1.54, 1.807) is 0 Å². The van der Waals surface area contributed by atoms with Crippen LogP contribution in [-0.2, 0) is 4.79 Å². The molecule has 4 aliphatic rings. The lowest BCUT2D eigenvalue weighted by Crippen LogP contribution is -2.59. The number of alkyl halides is 1. The molecule has 0 heterocycles. The fourth-order valence-electron chi connectivity index (χ4n) is 4.83.